The van der Waals surface area contributed by atoms with Gasteiger partial charge in [-0.25, -0.2) is 9.78 Å². The zero-order valence-electron chi connectivity index (χ0n) is 20.0. The molecule has 0 bridgehead atoms. The molecule has 0 aliphatic carbocycles. The number of imidazole rings is 1. The summed E-state index contributed by atoms with van der Waals surface area (Å²) >= 11 is 0. The molecular formula is C27H22F3N5O2. The molecule has 4 heterocycles. The second kappa shape index (κ2) is 7.91. The third-order valence-corrected chi connectivity index (χ3v) is 7.10. The molecule has 0 saturated carbocycles. The summed E-state index contributed by atoms with van der Waals surface area (Å²) < 4.78 is 48.8. The van der Waals surface area contributed by atoms with E-state index in [4.69, 9.17) is 10.5 Å². The zero-order chi connectivity index (χ0) is 26.1. The minimum Gasteiger partial charge on any atom is -0.383 e. The Bertz CT molecular complexity index is 1750. The average Bonchev–Trinajstić information content (AvgIpc) is 3.12. The molecule has 10 heteroatoms. The summed E-state index contributed by atoms with van der Waals surface area (Å²) in [6.07, 6.45) is -1.70. The molecule has 5 aromatic rings. The van der Waals surface area contributed by atoms with E-state index >= 15 is 0 Å². The molecule has 0 unspecified atom stereocenters. The van der Waals surface area contributed by atoms with Gasteiger partial charge in [-0.05, 0) is 41.5 Å². The van der Waals surface area contributed by atoms with Gasteiger partial charge in [-0.2, -0.15) is 13.2 Å². The van der Waals surface area contributed by atoms with Crippen LogP contribution in [0.5, 0.6) is 0 Å². The molecule has 1 saturated heterocycles. The molecule has 6 rings (SSSR count). The maximum atomic E-state index is 13.4. The SMILES string of the molecule is Cn1c(=O)n(-c2ccc(C3(C)COC3)cc2)c2c3cc(-c4cnc(N)c(C(F)(F)F)c4)ccc3ncc21. The average molecular weight is 506 g/mol. The molecule has 3 aromatic heterocycles. The van der Waals surface area contributed by atoms with Crippen molar-refractivity contribution in [1.82, 2.24) is 19.1 Å². The second-order valence-corrected chi connectivity index (χ2v) is 9.66. The first-order valence-electron chi connectivity index (χ1n) is 11.6. The number of alkyl halides is 3. The Morgan fingerprint density at radius 1 is 1.00 bits per heavy atom. The number of nitrogen functional groups attached to an aromatic ring is 1. The van der Waals surface area contributed by atoms with E-state index < -0.39 is 17.6 Å². The Labute approximate surface area is 208 Å². The van der Waals surface area contributed by atoms with Gasteiger partial charge >= 0.3 is 11.9 Å². The summed E-state index contributed by atoms with van der Waals surface area (Å²) in [5.41, 5.74) is 8.56. The molecule has 1 aliphatic rings. The third-order valence-electron chi connectivity index (χ3n) is 7.10. The van der Waals surface area contributed by atoms with Crippen molar-refractivity contribution < 1.29 is 17.9 Å². The van der Waals surface area contributed by atoms with Crippen LogP contribution in [0, 0.1) is 0 Å². The quantitative estimate of drug-likeness (QED) is 0.380. The topological polar surface area (TPSA) is 88.0 Å². The Hall–Kier alpha value is -4.18. The van der Waals surface area contributed by atoms with Crippen molar-refractivity contribution in [1.29, 1.82) is 0 Å². The molecule has 1 aliphatic heterocycles. The fraction of sp³-hybridized carbons (Fsp3) is 0.222. The number of fused-ring (bicyclic) bond motifs is 3. The Kier molecular flexibility index (Phi) is 4.97. The van der Waals surface area contributed by atoms with E-state index in [1.165, 1.54) is 10.8 Å². The molecule has 0 amide bonds. The van der Waals surface area contributed by atoms with Crippen molar-refractivity contribution in [3.8, 4) is 16.8 Å². The molecule has 37 heavy (non-hydrogen) atoms. The summed E-state index contributed by atoms with van der Waals surface area (Å²) in [6.45, 7) is 3.43. The lowest BCUT2D eigenvalue weighted by atomic mass is 9.81. The highest BCUT2D eigenvalue weighted by Crippen LogP contribution is 2.37. The van der Waals surface area contributed by atoms with Crippen LogP contribution in [-0.4, -0.2) is 32.3 Å². The number of pyridine rings is 2. The van der Waals surface area contributed by atoms with Crippen molar-refractivity contribution in [2.75, 3.05) is 18.9 Å². The largest absolute Gasteiger partial charge is 0.419 e. The number of anilines is 1. The predicted molar refractivity (Wildman–Crippen MR) is 135 cm³/mol. The number of hydrogen-bond donors (Lipinski definition) is 1. The van der Waals surface area contributed by atoms with Gasteiger partial charge in [0, 0.05) is 29.6 Å². The van der Waals surface area contributed by atoms with Crippen LogP contribution < -0.4 is 11.4 Å². The fourth-order valence-electron chi connectivity index (χ4n) is 4.86. The second-order valence-electron chi connectivity index (χ2n) is 9.66. The van der Waals surface area contributed by atoms with Crippen LogP contribution in [0.25, 0.3) is 38.8 Å². The zero-order valence-corrected chi connectivity index (χ0v) is 20.0. The minimum atomic E-state index is -4.63. The van der Waals surface area contributed by atoms with Gasteiger partial charge in [0.15, 0.2) is 0 Å². The molecule has 2 N–H and O–H groups in total. The van der Waals surface area contributed by atoms with E-state index in [9.17, 15) is 18.0 Å². The van der Waals surface area contributed by atoms with Gasteiger partial charge in [-0.15, -0.1) is 0 Å². The van der Waals surface area contributed by atoms with Crippen molar-refractivity contribution in [2.24, 2.45) is 7.05 Å². The lowest BCUT2D eigenvalue weighted by Gasteiger charge is -2.38. The van der Waals surface area contributed by atoms with Gasteiger partial charge in [0.25, 0.3) is 0 Å². The number of ether oxygens (including phenoxy) is 1. The highest BCUT2D eigenvalue weighted by molar-refractivity contribution is 6.04. The number of halogens is 3. The Morgan fingerprint density at radius 3 is 2.38 bits per heavy atom. The molecule has 7 nitrogen and oxygen atoms in total. The van der Waals surface area contributed by atoms with Gasteiger partial charge in [-0.3, -0.25) is 14.1 Å². The predicted octanol–water partition coefficient (Wildman–Crippen LogP) is 4.83. The summed E-state index contributed by atoms with van der Waals surface area (Å²) in [4.78, 5) is 21.6. The standard InChI is InChI=1S/C27H22F3N5O2/c1-26(13-37-14-26)17-4-6-18(7-5-17)35-23-19-9-15(16-10-20(27(28,29)30)24(31)33-11-16)3-8-21(19)32-12-22(23)34(2)25(35)36/h3-12H,13-14H2,1-2H3,(H2,31,33). The molecular weight excluding hydrogens is 483 g/mol. The maximum Gasteiger partial charge on any atom is 0.419 e. The molecule has 0 spiro atoms. The van der Waals surface area contributed by atoms with Crippen molar-refractivity contribution in [3.05, 3.63) is 82.5 Å². The van der Waals surface area contributed by atoms with Crippen molar-refractivity contribution >= 4 is 27.8 Å². The van der Waals surface area contributed by atoms with Gasteiger partial charge in [0.2, 0.25) is 0 Å². The summed E-state index contributed by atoms with van der Waals surface area (Å²) in [6, 6.07) is 13.9. The van der Waals surface area contributed by atoms with Gasteiger partial charge < -0.3 is 10.5 Å². The number of nitrogens with zero attached hydrogens (tertiary/aromatic N) is 4. The first-order valence-corrected chi connectivity index (χ1v) is 11.6. The lowest BCUT2D eigenvalue weighted by Crippen LogP contribution is -2.43. The van der Waals surface area contributed by atoms with Gasteiger partial charge in [0.05, 0.1) is 47.2 Å². The van der Waals surface area contributed by atoms with Gasteiger partial charge in [0.1, 0.15) is 5.82 Å². The smallest absolute Gasteiger partial charge is 0.383 e. The van der Waals surface area contributed by atoms with Crippen LogP contribution in [0.3, 0.4) is 0 Å². The summed E-state index contributed by atoms with van der Waals surface area (Å²) in [5, 5.41) is 0.626. The van der Waals surface area contributed by atoms with Crippen molar-refractivity contribution in [3.63, 3.8) is 0 Å². The number of rotatable bonds is 3. The molecule has 2 aromatic carbocycles. The lowest BCUT2D eigenvalue weighted by molar-refractivity contribution is -0.137. The van der Waals surface area contributed by atoms with Crippen molar-refractivity contribution in [2.45, 2.75) is 18.5 Å². The Morgan fingerprint density at radius 2 is 1.73 bits per heavy atom. The molecule has 0 atom stereocenters. The van der Waals surface area contributed by atoms with E-state index in [0.717, 1.165) is 11.6 Å². The number of nitrogens with two attached hydrogens (primary N) is 1. The number of aryl methyl sites for hydroxylation is 1. The van der Waals surface area contributed by atoms with Crippen LogP contribution in [0.2, 0.25) is 0 Å². The molecule has 188 valence electrons. The number of benzene rings is 2. The van der Waals surface area contributed by atoms with E-state index in [0.29, 0.717) is 46.4 Å². The first-order chi connectivity index (χ1) is 17.6. The minimum absolute atomic E-state index is 0.0455. The number of hydrogen-bond acceptors (Lipinski definition) is 5. The fourth-order valence-corrected chi connectivity index (χ4v) is 4.86. The van der Waals surface area contributed by atoms with Gasteiger partial charge in [-0.1, -0.05) is 25.1 Å². The van der Waals surface area contributed by atoms with Crippen LogP contribution >= 0.6 is 0 Å². The van der Waals surface area contributed by atoms with Crippen LogP contribution in [0.1, 0.15) is 18.1 Å². The monoisotopic (exact) mass is 505 g/mol. The number of aromatic nitrogens is 4. The van der Waals surface area contributed by atoms with E-state index in [2.05, 4.69) is 16.9 Å². The first kappa shape index (κ1) is 23.2. The van der Waals surface area contributed by atoms with E-state index in [1.807, 2.05) is 24.3 Å². The maximum absolute atomic E-state index is 13.4. The third kappa shape index (κ3) is 3.59. The van der Waals surface area contributed by atoms with Crippen LogP contribution in [0.15, 0.2) is 65.7 Å². The van der Waals surface area contributed by atoms with Crippen LogP contribution in [-0.2, 0) is 23.4 Å². The molecule has 0 radical (unpaired) electrons. The normalized spacial score (nSPS) is 15.3. The summed E-state index contributed by atoms with van der Waals surface area (Å²) in [7, 11) is 1.67. The molecule has 1 fully saturated rings. The highest BCUT2D eigenvalue weighted by atomic mass is 19.4. The highest BCUT2D eigenvalue weighted by Gasteiger charge is 2.35. The Balaban J connectivity index is 1.56. The summed E-state index contributed by atoms with van der Waals surface area (Å²) in [5.74, 6) is -0.580. The van der Waals surface area contributed by atoms with Crippen LogP contribution in [0.4, 0.5) is 19.0 Å². The van der Waals surface area contributed by atoms with E-state index in [-0.39, 0.29) is 16.7 Å². The van der Waals surface area contributed by atoms with E-state index in [1.54, 1.807) is 36.0 Å².